The molecule has 0 aliphatic carbocycles. The van der Waals surface area contributed by atoms with Crippen LogP contribution in [0.1, 0.15) is 43.0 Å². The van der Waals surface area contributed by atoms with E-state index in [2.05, 4.69) is 58.1 Å². The van der Waals surface area contributed by atoms with Gasteiger partial charge in [-0.3, -0.25) is 5.84 Å². The molecule has 2 nitrogen and oxygen atoms in total. The van der Waals surface area contributed by atoms with Crippen LogP contribution in [0.4, 0.5) is 0 Å². The number of nitrogens with two attached hydrogens (primary N) is 1. The second kappa shape index (κ2) is 5.56. The smallest absolute Gasteiger partial charge is 0.0855 e. The molecule has 0 aliphatic rings. The third-order valence-electron chi connectivity index (χ3n) is 3.37. The summed E-state index contributed by atoms with van der Waals surface area (Å²) in [4.78, 5) is 0. The zero-order chi connectivity index (χ0) is 13.9. The van der Waals surface area contributed by atoms with Crippen molar-refractivity contribution in [2.45, 2.75) is 52.5 Å². The van der Waals surface area contributed by atoms with Gasteiger partial charge in [0.1, 0.15) is 0 Å². The molecular formula is C16H24N2. The van der Waals surface area contributed by atoms with Gasteiger partial charge in [-0.15, -0.1) is 6.42 Å². The number of benzene rings is 1. The average molecular weight is 244 g/mol. The van der Waals surface area contributed by atoms with Gasteiger partial charge in [0, 0.05) is 6.42 Å². The standard InChI is InChI=1S/C16H24N2/c1-7-14(18-17)10-15-11(2)8-13(9-12(15)3)16(4,5)6/h1,8-9,14,18H,10,17H2,2-6H3. The molecule has 0 aromatic heterocycles. The van der Waals surface area contributed by atoms with E-state index in [0.717, 1.165) is 6.42 Å². The van der Waals surface area contributed by atoms with E-state index in [0.29, 0.717) is 0 Å². The minimum Gasteiger partial charge on any atom is -0.270 e. The molecule has 0 bridgehead atoms. The monoisotopic (exact) mass is 244 g/mol. The molecule has 0 aliphatic heterocycles. The Morgan fingerprint density at radius 1 is 1.28 bits per heavy atom. The third kappa shape index (κ3) is 3.35. The summed E-state index contributed by atoms with van der Waals surface area (Å²) in [5.41, 5.74) is 8.07. The molecule has 0 amide bonds. The fourth-order valence-corrected chi connectivity index (χ4v) is 2.12. The molecule has 1 aromatic rings. The summed E-state index contributed by atoms with van der Waals surface area (Å²) in [6, 6.07) is 4.40. The zero-order valence-electron chi connectivity index (χ0n) is 12.1. The predicted octanol–water partition coefficient (Wildman–Crippen LogP) is 2.61. The van der Waals surface area contributed by atoms with Gasteiger partial charge >= 0.3 is 0 Å². The Kier molecular flexibility index (Phi) is 4.56. The summed E-state index contributed by atoms with van der Waals surface area (Å²) in [5, 5.41) is 0. The maximum Gasteiger partial charge on any atom is 0.0855 e. The molecule has 18 heavy (non-hydrogen) atoms. The Bertz CT molecular complexity index is 438. The normalized spacial score (nSPS) is 13.2. The maximum atomic E-state index is 5.44. The summed E-state index contributed by atoms with van der Waals surface area (Å²) in [6.45, 7) is 11.0. The van der Waals surface area contributed by atoms with E-state index < -0.39 is 0 Å². The van der Waals surface area contributed by atoms with Crippen molar-refractivity contribution in [2.75, 3.05) is 0 Å². The summed E-state index contributed by atoms with van der Waals surface area (Å²) >= 11 is 0. The summed E-state index contributed by atoms with van der Waals surface area (Å²) in [5.74, 6) is 8.10. The molecule has 0 heterocycles. The molecule has 1 rings (SSSR count). The van der Waals surface area contributed by atoms with Crippen LogP contribution in [0.25, 0.3) is 0 Å². The second-order valence-electron chi connectivity index (χ2n) is 5.93. The van der Waals surface area contributed by atoms with Crippen molar-refractivity contribution in [2.24, 2.45) is 5.84 Å². The summed E-state index contributed by atoms with van der Waals surface area (Å²) < 4.78 is 0. The number of nitrogens with one attached hydrogen (secondary N) is 1. The van der Waals surface area contributed by atoms with Crippen LogP contribution in [-0.2, 0) is 11.8 Å². The van der Waals surface area contributed by atoms with E-state index in [1.807, 2.05) is 0 Å². The highest BCUT2D eigenvalue weighted by molar-refractivity contribution is 5.41. The largest absolute Gasteiger partial charge is 0.270 e. The SMILES string of the molecule is C#CC(Cc1c(C)cc(C(C)(C)C)cc1C)NN. The van der Waals surface area contributed by atoms with Crippen LogP contribution in [-0.4, -0.2) is 6.04 Å². The van der Waals surface area contributed by atoms with Crippen molar-refractivity contribution in [3.8, 4) is 12.3 Å². The van der Waals surface area contributed by atoms with Crippen molar-refractivity contribution in [3.63, 3.8) is 0 Å². The lowest BCUT2D eigenvalue weighted by atomic mass is 9.83. The van der Waals surface area contributed by atoms with Gasteiger partial charge < -0.3 is 0 Å². The van der Waals surface area contributed by atoms with Gasteiger partial charge in [-0.25, -0.2) is 5.43 Å². The van der Waals surface area contributed by atoms with E-state index in [1.54, 1.807) is 0 Å². The van der Waals surface area contributed by atoms with Gasteiger partial charge in [-0.05, 0) is 41.5 Å². The zero-order valence-corrected chi connectivity index (χ0v) is 12.1. The van der Waals surface area contributed by atoms with Gasteiger partial charge in [-0.1, -0.05) is 38.8 Å². The van der Waals surface area contributed by atoms with Crippen molar-refractivity contribution in [3.05, 3.63) is 34.4 Å². The van der Waals surface area contributed by atoms with Crippen LogP contribution in [0.3, 0.4) is 0 Å². The average Bonchev–Trinajstić information content (AvgIpc) is 2.27. The maximum absolute atomic E-state index is 5.44. The number of hydrogen-bond donors (Lipinski definition) is 2. The summed E-state index contributed by atoms with van der Waals surface area (Å²) in [6.07, 6.45) is 6.21. The number of terminal acetylenes is 1. The second-order valence-corrected chi connectivity index (χ2v) is 5.93. The van der Waals surface area contributed by atoms with E-state index in [9.17, 15) is 0 Å². The topological polar surface area (TPSA) is 38.0 Å². The molecule has 1 unspecified atom stereocenters. The highest BCUT2D eigenvalue weighted by Gasteiger charge is 2.17. The van der Waals surface area contributed by atoms with Gasteiger partial charge in [0.15, 0.2) is 0 Å². The van der Waals surface area contributed by atoms with Gasteiger partial charge in [-0.2, -0.15) is 0 Å². The molecule has 2 heteroatoms. The summed E-state index contributed by atoms with van der Waals surface area (Å²) in [7, 11) is 0. The van der Waals surface area contributed by atoms with E-state index in [-0.39, 0.29) is 11.5 Å². The highest BCUT2D eigenvalue weighted by Crippen LogP contribution is 2.27. The van der Waals surface area contributed by atoms with Crippen molar-refractivity contribution >= 4 is 0 Å². The lowest BCUT2D eigenvalue weighted by Gasteiger charge is -2.23. The lowest BCUT2D eigenvalue weighted by molar-refractivity contribution is 0.587. The lowest BCUT2D eigenvalue weighted by Crippen LogP contribution is -2.35. The van der Waals surface area contributed by atoms with Gasteiger partial charge in [0.25, 0.3) is 0 Å². The van der Waals surface area contributed by atoms with E-state index in [1.165, 1.54) is 22.3 Å². The molecule has 0 saturated heterocycles. The number of hydrazine groups is 1. The minimum absolute atomic E-state index is 0.108. The molecule has 0 spiro atoms. The first kappa shape index (κ1) is 14.8. The number of hydrogen-bond acceptors (Lipinski definition) is 2. The Morgan fingerprint density at radius 2 is 1.78 bits per heavy atom. The van der Waals surface area contributed by atoms with Crippen molar-refractivity contribution < 1.29 is 0 Å². The van der Waals surface area contributed by atoms with Gasteiger partial charge in [0.05, 0.1) is 6.04 Å². The Labute approximate surface area is 111 Å². The van der Waals surface area contributed by atoms with Crippen LogP contribution in [0, 0.1) is 26.2 Å². The van der Waals surface area contributed by atoms with Crippen LogP contribution in [0.2, 0.25) is 0 Å². The first-order valence-corrected chi connectivity index (χ1v) is 6.32. The number of rotatable bonds is 3. The fraction of sp³-hybridized carbons (Fsp3) is 0.500. The molecule has 98 valence electrons. The molecule has 0 saturated carbocycles. The highest BCUT2D eigenvalue weighted by atomic mass is 15.2. The van der Waals surface area contributed by atoms with Crippen LogP contribution >= 0.6 is 0 Å². The molecule has 0 fully saturated rings. The number of aryl methyl sites for hydroxylation is 2. The Morgan fingerprint density at radius 3 is 2.11 bits per heavy atom. The van der Waals surface area contributed by atoms with Crippen molar-refractivity contribution in [1.82, 2.24) is 5.43 Å². The fourth-order valence-electron chi connectivity index (χ4n) is 2.12. The molecular weight excluding hydrogens is 220 g/mol. The minimum atomic E-state index is -0.108. The van der Waals surface area contributed by atoms with E-state index in [4.69, 9.17) is 12.3 Å². The quantitative estimate of drug-likeness (QED) is 0.487. The molecule has 3 N–H and O–H groups in total. The Balaban J connectivity index is 3.14. The first-order chi connectivity index (χ1) is 8.29. The van der Waals surface area contributed by atoms with Gasteiger partial charge in [0.2, 0.25) is 0 Å². The predicted molar refractivity (Wildman–Crippen MR) is 78.3 cm³/mol. The van der Waals surface area contributed by atoms with Crippen LogP contribution < -0.4 is 11.3 Å². The van der Waals surface area contributed by atoms with Crippen molar-refractivity contribution in [1.29, 1.82) is 0 Å². The van der Waals surface area contributed by atoms with E-state index >= 15 is 0 Å². The first-order valence-electron chi connectivity index (χ1n) is 6.32. The molecule has 0 radical (unpaired) electrons. The van der Waals surface area contributed by atoms with Crippen LogP contribution in [0.15, 0.2) is 12.1 Å². The Hall–Kier alpha value is -1.30. The molecule has 1 atom stereocenters. The third-order valence-corrected chi connectivity index (χ3v) is 3.37. The molecule has 1 aromatic carbocycles. The van der Waals surface area contributed by atoms with Crippen LogP contribution in [0.5, 0.6) is 0 Å².